The Hall–Kier alpha value is -4.18. The standard InChI is InChI=1S/C26H27N5O5/c1-3-34-11-5-10-30-22(27)18(25(32)28-14-17-7-8-20-21(12-17)36-15-35-20)13-19-24(30)29-23-16(2)6-4-9-31(23)26(19)33/h4,6-9,12-13,27H,3,5,10-11,14-15H2,1-2H3,(H,28,32)/p+1. The van der Waals surface area contributed by atoms with Crippen molar-refractivity contribution in [3.05, 3.63) is 69.6 Å². The van der Waals surface area contributed by atoms with Crippen molar-refractivity contribution in [1.82, 2.24) is 14.7 Å². The van der Waals surface area contributed by atoms with E-state index < -0.39 is 0 Å². The zero-order valence-corrected chi connectivity index (χ0v) is 20.2. The number of nitrogens with one attached hydrogen (secondary N) is 1. The molecule has 5 rings (SSSR count). The molecule has 0 saturated carbocycles. The first-order valence-electron chi connectivity index (χ1n) is 11.9. The number of amides is 1. The van der Waals surface area contributed by atoms with Gasteiger partial charge in [-0.3, -0.25) is 14.0 Å². The maximum atomic E-state index is 13.4. The van der Waals surface area contributed by atoms with Crippen LogP contribution in [0.2, 0.25) is 0 Å². The van der Waals surface area contributed by atoms with Crippen molar-refractivity contribution < 1.29 is 23.6 Å². The van der Waals surface area contributed by atoms with Crippen LogP contribution in [0.1, 0.15) is 34.8 Å². The molecule has 4 aromatic rings. The fourth-order valence-corrected chi connectivity index (χ4v) is 4.32. The number of carbonyl (C=O) groups excluding carboxylic acids is 1. The van der Waals surface area contributed by atoms with E-state index in [0.717, 1.165) is 11.1 Å². The van der Waals surface area contributed by atoms with E-state index in [0.29, 0.717) is 54.4 Å². The Morgan fingerprint density at radius 3 is 2.92 bits per heavy atom. The highest BCUT2D eigenvalue weighted by Gasteiger charge is 2.25. The molecule has 1 aromatic carbocycles. The number of aryl methyl sites for hydroxylation is 2. The van der Waals surface area contributed by atoms with E-state index in [2.05, 4.69) is 5.32 Å². The lowest BCUT2D eigenvalue weighted by atomic mass is 10.1. The summed E-state index contributed by atoms with van der Waals surface area (Å²) in [6.45, 7) is 5.84. The molecule has 0 spiro atoms. The molecule has 0 fully saturated rings. The number of anilines is 1. The molecule has 0 radical (unpaired) electrons. The van der Waals surface area contributed by atoms with Gasteiger partial charge in [-0.25, -0.2) is 4.57 Å². The van der Waals surface area contributed by atoms with Crippen molar-refractivity contribution >= 4 is 28.4 Å². The molecule has 0 saturated heterocycles. The van der Waals surface area contributed by atoms with Crippen molar-refractivity contribution in [3.63, 3.8) is 0 Å². The molecule has 3 N–H and O–H groups in total. The van der Waals surface area contributed by atoms with Crippen LogP contribution in [0.3, 0.4) is 0 Å². The number of fused-ring (bicyclic) bond motifs is 3. The average Bonchev–Trinajstić information content (AvgIpc) is 3.35. The largest absolute Gasteiger partial charge is 0.454 e. The lowest BCUT2D eigenvalue weighted by Gasteiger charge is -2.13. The molecule has 1 aliphatic rings. The zero-order chi connectivity index (χ0) is 25.2. The minimum atomic E-state index is -0.389. The van der Waals surface area contributed by atoms with Crippen LogP contribution < -0.4 is 30.7 Å². The molecule has 3 aromatic heterocycles. The van der Waals surface area contributed by atoms with Gasteiger partial charge in [0.25, 0.3) is 17.1 Å². The van der Waals surface area contributed by atoms with E-state index >= 15 is 0 Å². The van der Waals surface area contributed by atoms with Gasteiger partial charge in [0, 0.05) is 37.9 Å². The van der Waals surface area contributed by atoms with Gasteiger partial charge >= 0.3 is 0 Å². The van der Waals surface area contributed by atoms with Crippen LogP contribution in [0.5, 0.6) is 11.5 Å². The first kappa shape index (κ1) is 23.6. The first-order valence-corrected chi connectivity index (χ1v) is 11.9. The van der Waals surface area contributed by atoms with E-state index in [4.69, 9.17) is 24.9 Å². The Morgan fingerprint density at radius 1 is 1.25 bits per heavy atom. The van der Waals surface area contributed by atoms with Crippen molar-refractivity contribution in [2.75, 3.05) is 25.7 Å². The normalized spacial score (nSPS) is 12.4. The van der Waals surface area contributed by atoms with Gasteiger partial charge in [-0.05, 0) is 43.7 Å². The van der Waals surface area contributed by atoms with E-state index in [-0.39, 0.29) is 36.2 Å². The summed E-state index contributed by atoms with van der Waals surface area (Å²) in [5.41, 5.74) is 9.17. The third-order valence-corrected chi connectivity index (χ3v) is 6.18. The molecule has 10 nitrogen and oxygen atoms in total. The van der Waals surface area contributed by atoms with Gasteiger partial charge in [-0.1, -0.05) is 17.1 Å². The van der Waals surface area contributed by atoms with Crippen molar-refractivity contribution in [1.29, 1.82) is 0 Å². The molecular formula is C26H28N5O5+. The molecule has 186 valence electrons. The minimum Gasteiger partial charge on any atom is -0.454 e. The molecule has 36 heavy (non-hydrogen) atoms. The molecule has 1 amide bonds. The Balaban J connectivity index is 1.54. The number of hydrogen-bond acceptors (Lipinski definition) is 7. The number of ether oxygens (including phenoxy) is 3. The summed E-state index contributed by atoms with van der Waals surface area (Å²) in [5, 5.41) is 3.22. The summed E-state index contributed by atoms with van der Waals surface area (Å²) in [5.74, 6) is 1.17. The van der Waals surface area contributed by atoms with Gasteiger partial charge in [0.2, 0.25) is 18.3 Å². The lowest BCUT2D eigenvalue weighted by molar-refractivity contribution is -0.659. The number of nitrogens with two attached hydrogens (primary N) is 1. The second kappa shape index (κ2) is 9.82. The molecule has 10 heteroatoms. The SMILES string of the molecule is CCOCCC[n+]1c(N)c(C(=O)NCc2ccc3c(c2)OCO3)cc2c(=O)n3cccc(C)c3nc21. The average molecular weight is 491 g/mol. The highest BCUT2D eigenvalue weighted by atomic mass is 16.7. The fraction of sp³-hybridized carbons (Fsp3) is 0.308. The van der Waals surface area contributed by atoms with Gasteiger partial charge in [0.1, 0.15) is 10.9 Å². The van der Waals surface area contributed by atoms with Crippen LogP contribution in [-0.4, -0.2) is 35.3 Å². The molecule has 1 aliphatic heterocycles. The summed E-state index contributed by atoms with van der Waals surface area (Å²) in [7, 11) is 0. The number of carbonyl (C=O) groups is 1. The topological polar surface area (TPSA) is 121 Å². The van der Waals surface area contributed by atoms with Crippen LogP contribution in [0.15, 0.2) is 47.4 Å². The summed E-state index contributed by atoms with van der Waals surface area (Å²) >= 11 is 0. The second-order valence-electron chi connectivity index (χ2n) is 8.55. The highest BCUT2D eigenvalue weighted by Crippen LogP contribution is 2.32. The molecule has 0 bridgehead atoms. The Bertz CT molecular complexity index is 1530. The maximum Gasteiger partial charge on any atom is 0.278 e. The number of benzene rings is 1. The number of nitrogens with zero attached hydrogens (tertiary/aromatic N) is 3. The predicted molar refractivity (Wildman–Crippen MR) is 133 cm³/mol. The predicted octanol–water partition coefficient (Wildman–Crippen LogP) is 2.11. The minimum absolute atomic E-state index is 0.180. The quantitative estimate of drug-likeness (QED) is 0.220. The van der Waals surface area contributed by atoms with E-state index in [1.54, 1.807) is 22.9 Å². The number of pyridine rings is 2. The van der Waals surface area contributed by atoms with E-state index in [9.17, 15) is 9.59 Å². The lowest BCUT2D eigenvalue weighted by Crippen LogP contribution is -2.43. The molecule has 0 atom stereocenters. The number of aromatic nitrogens is 3. The Morgan fingerprint density at radius 2 is 2.08 bits per heavy atom. The van der Waals surface area contributed by atoms with Crippen LogP contribution in [0.4, 0.5) is 5.82 Å². The first-order chi connectivity index (χ1) is 17.5. The molecular weight excluding hydrogens is 462 g/mol. The van der Waals surface area contributed by atoms with Crippen LogP contribution in [0, 0.1) is 6.92 Å². The molecule has 4 heterocycles. The Kier molecular flexibility index (Phi) is 6.43. The Labute approximate surface area is 207 Å². The van der Waals surface area contributed by atoms with Crippen LogP contribution in [0.25, 0.3) is 16.7 Å². The van der Waals surface area contributed by atoms with Gasteiger partial charge in [-0.2, -0.15) is 0 Å². The monoisotopic (exact) mass is 490 g/mol. The number of rotatable bonds is 8. The summed E-state index contributed by atoms with van der Waals surface area (Å²) in [4.78, 5) is 31.5. The van der Waals surface area contributed by atoms with Gasteiger partial charge in [0.15, 0.2) is 11.5 Å². The summed E-state index contributed by atoms with van der Waals surface area (Å²) < 4.78 is 19.5. The number of hydrogen-bond donors (Lipinski definition) is 2. The summed E-state index contributed by atoms with van der Waals surface area (Å²) in [6, 6.07) is 10.7. The van der Waals surface area contributed by atoms with Gasteiger partial charge < -0.3 is 25.3 Å². The third kappa shape index (κ3) is 4.31. The third-order valence-electron chi connectivity index (χ3n) is 6.18. The smallest absolute Gasteiger partial charge is 0.278 e. The van der Waals surface area contributed by atoms with Crippen molar-refractivity contribution in [2.24, 2.45) is 0 Å². The van der Waals surface area contributed by atoms with Crippen molar-refractivity contribution in [3.8, 4) is 11.5 Å². The highest BCUT2D eigenvalue weighted by molar-refractivity contribution is 6.00. The maximum absolute atomic E-state index is 13.4. The number of nitrogen functional groups attached to an aromatic ring is 1. The zero-order valence-electron chi connectivity index (χ0n) is 20.2. The van der Waals surface area contributed by atoms with E-state index in [1.165, 1.54) is 10.5 Å². The van der Waals surface area contributed by atoms with Crippen LogP contribution >= 0.6 is 0 Å². The van der Waals surface area contributed by atoms with E-state index in [1.807, 2.05) is 32.0 Å². The van der Waals surface area contributed by atoms with Crippen LogP contribution in [-0.2, 0) is 17.8 Å². The van der Waals surface area contributed by atoms with Gasteiger partial charge in [0.05, 0.1) is 6.54 Å². The van der Waals surface area contributed by atoms with Gasteiger partial charge in [-0.15, -0.1) is 0 Å². The molecule has 0 aliphatic carbocycles. The molecule has 0 unspecified atom stereocenters. The fourth-order valence-electron chi connectivity index (χ4n) is 4.32. The summed E-state index contributed by atoms with van der Waals surface area (Å²) in [6.07, 6.45) is 2.32. The second-order valence-corrected chi connectivity index (χ2v) is 8.55. The van der Waals surface area contributed by atoms with Crippen molar-refractivity contribution in [2.45, 2.75) is 33.4 Å².